The molecular weight excluding hydrogens is 473 g/mol. The number of para-hydroxylation sites is 1. The van der Waals surface area contributed by atoms with E-state index in [2.05, 4.69) is 20.3 Å². The summed E-state index contributed by atoms with van der Waals surface area (Å²) in [6, 6.07) is 16.2. The maximum atomic E-state index is 13.4. The van der Waals surface area contributed by atoms with Crippen LogP contribution in [0.25, 0.3) is 11.5 Å². The molecule has 0 radical (unpaired) electrons. The maximum absolute atomic E-state index is 13.4. The van der Waals surface area contributed by atoms with Gasteiger partial charge in [0, 0.05) is 28.5 Å². The molecule has 2 atom stereocenters. The minimum Gasteiger partial charge on any atom is -0.349 e. The van der Waals surface area contributed by atoms with Gasteiger partial charge in [0.1, 0.15) is 11.2 Å². The van der Waals surface area contributed by atoms with Crippen LogP contribution >= 0.6 is 34.8 Å². The number of fused-ring (bicyclic) bond motifs is 1. The fourth-order valence-electron chi connectivity index (χ4n) is 3.73. The van der Waals surface area contributed by atoms with Crippen LogP contribution in [0.5, 0.6) is 0 Å². The summed E-state index contributed by atoms with van der Waals surface area (Å²) >= 11 is 19.2. The minimum absolute atomic E-state index is 0.137. The van der Waals surface area contributed by atoms with Gasteiger partial charge in [0.25, 0.3) is 5.89 Å². The molecule has 7 nitrogen and oxygen atoms in total. The lowest BCUT2D eigenvalue weighted by molar-refractivity contribution is 0.0917. The van der Waals surface area contributed by atoms with Crippen molar-refractivity contribution in [2.75, 3.05) is 4.90 Å². The van der Waals surface area contributed by atoms with Crippen molar-refractivity contribution in [3.8, 4) is 11.5 Å². The number of nitrogens with zero attached hydrogens (tertiary/aromatic N) is 5. The van der Waals surface area contributed by atoms with Gasteiger partial charge in [0.15, 0.2) is 0 Å². The summed E-state index contributed by atoms with van der Waals surface area (Å²) in [5.74, 6) is -1.02. The lowest BCUT2D eigenvalue weighted by Crippen LogP contribution is -2.32. The number of hydrogen-bond acceptors (Lipinski definition) is 7. The van der Waals surface area contributed by atoms with E-state index in [1.165, 1.54) is 6.20 Å². The molecule has 4 aromatic rings. The van der Waals surface area contributed by atoms with Crippen LogP contribution in [0.3, 0.4) is 0 Å². The van der Waals surface area contributed by atoms with Gasteiger partial charge >= 0.3 is 0 Å². The van der Waals surface area contributed by atoms with Crippen molar-refractivity contribution in [1.82, 2.24) is 20.3 Å². The fraction of sp³-hybridized carbons (Fsp3) is 0.136. The Labute approximate surface area is 197 Å². The SMILES string of the molecule is O=C(c1nc(-c2cccnn2)no1)C1c2ccccc2N(Cc2ccc(Cl)cc2Cl)C1Cl. The Hall–Kier alpha value is -3.00. The maximum Gasteiger partial charge on any atom is 0.295 e. The second-order valence-corrected chi connectivity index (χ2v) is 8.46. The summed E-state index contributed by atoms with van der Waals surface area (Å²) in [6.45, 7) is 0.402. The van der Waals surface area contributed by atoms with Gasteiger partial charge in [-0.2, -0.15) is 10.1 Å². The van der Waals surface area contributed by atoms with Crippen LogP contribution in [0.1, 0.15) is 27.7 Å². The van der Waals surface area contributed by atoms with E-state index in [0.29, 0.717) is 22.3 Å². The Bertz CT molecular complexity index is 1300. The van der Waals surface area contributed by atoms with Crippen LogP contribution in [-0.2, 0) is 6.54 Å². The van der Waals surface area contributed by atoms with Gasteiger partial charge < -0.3 is 9.42 Å². The van der Waals surface area contributed by atoms with E-state index in [4.69, 9.17) is 39.3 Å². The molecule has 2 aromatic heterocycles. The lowest BCUT2D eigenvalue weighted by Gasteiger charge is -2.25. The van der Waals surface area contributed by atoms with Crippen LogP contribution < -0.4 is 4.90 Å². The largest absolute Gasteiger partial charge is 0.349 e. The fourth-order valence-corrected chi connectivity index (χ4v) is 4.62. The minimum atomic E-state index is -0.700. The standard InChI is InChI=1S/C22H14Cl3N5O2/c23-13-8-7-12(15(24)10-13)11-30-17-6-2-1-4-14(17)18(20(30)25)19(31)22-27-21(29-32-22)16-5-3-9-26-28-16/h1-10,18,20H,11H2. The van der Waals surface area contributed by atoms with Crippen molar-refractivity contribution in [2.45, 2.75) is 18.0 Å². The molecule has 32 heavy (non-hydrogen) atoms. The van der Waals surface area contributed by atoms with E-state index in [-0.39, 0.29) is 17.5 Å². The van der Waals surface area contributed by atoms with Gasteiger partial charge in [-0.05, 0) is 41.5 Å². The zero-order chi connectivity index (χ0) is 22.2. The van der Waals surface area contributed by atoms with Crippen molar-refractivity contribution in [1.29, 1.82) is 0 Å². The molecule has 2 aromatic carbocycles. The lowest BCUT2D eigenvalue weighted by atomic mass is 9.96. The van der Waals surface area contributed by atoms with Gasteiger partial charge in [0.05, 0.1) is 5.92 Å². The molecule has 0 spiro atoms. The molecule has 160 valence electrons. The Morgan fingerprint density at radius 3 is 2.72 bits per heavy atom. The monoisotopic (exact) mass is 485 g/mol. The Morgan fingerprint density at radius 2 is 1.94 bits per heavy atom. The van der Waals surface area contributed by atoms with Crippen LogP contribution in [0.2, 0.25) is 10.0 Å². The third-order valence-corrected chi connectivity index (χ3v) is 6.31. The summed E-state index contributed by atoms with van der Waals surface area (Å²) in [5, 5.41) is 12.7. The zero-order valence-corrected chi connectivity index (χ0v) is 18.6. The van der Waals surface area contributed by atoms with Crippen molar-refractivity contribution < 1.29 is 9.32 Å². The van der Waals surface area contributed by atoms with Gasteiger partial charge in [-0.3, -0.25) is 4.79 Å². The second-order valence-electron chi connectivity index (χ2n) is 7.17. The van der Waals surface area contributed by atoms with E-state index in [9.17, 15) is 4.79 Å². The first-order valence-corrected chi connectivity index (χ1v) is 10.8. The molecular formula is C22H14Cl3N5O2. The van der Waals surface area contributed by atoms with E-state index in [0.717, 1.165) is 16.8 Å². The molecule has 0 N–H and O–H groups in total. The Kier molecular flexibility index (Phi) is 5.55. The molecule has 3 heterocycles. The van der Waals surface area contributed by atoms with Crippen molar-refractivity contribution >= 4 is 46.3 Å². The Morgan fingerprint density at radius 1 is 1.09 bits per heavy atom. The van der Waals surface area contributed by atoms with Crippen LogP contribution in [-0.4, -0.2) is 31.6 Å². The van der Waals surface area contributed by atoms with Crippen molar-refractivity contribution in [3.63, 3.8) is 0 Å². The molecule has 0 saturated heterocycles. The summed E-state index contributed by atoms with van der Waals surface area (Å²) in [5.41, 5.74) is 2.18. The van der Waals surface area contributed by atoms with Gasteiger partial charge in [-0.25, -0.2) is 0 Å². The highest BCUT2D eigenvalue weighted by molar-refractivity contribution is 6.35. The first-order valence-electron chi connectivity index (χ1n) is 9.62. The summed E-state index contributed by atoms with van der Waals surface area (Å²) < 4.78 is 5.25. The molecule has 1 aliphatic rings. The third kappa shape index (κ3) is 3.72. The summed E-state index contributed by atoms with van der Waals surface area (Å²) in [6.07, 6.45) is 1.53. The van der Waals surface area contributed by atoms with E-state index in [1.54, 1.807) is 24.3 Å². The van der Waals surface area contributed by atoms with Gasteiger partial charge in [-0.1, -0.05) is 64.2 Å². The number of carbonyl (C=O) groups is 1. The summed E-state index contributed by atoms with van der Waals surface area (Å²) in [7, 11) is 0. The van der Waals surface area contributed by atoms with Gasteiger partial charge in [0.2, 0.25) is 11.6 Å². The summed E-state index contributed by atoms with van der Waals surface area (Å²) in [4.78, 5) is 19.5. The number of hydrogen-bond donors (Lipinski definition) is 0. The molecule has 0 bridgehead atoms. The quantitative estimate of drug-likeness (QED) is 0.212. The molecule has 1 aliphatic heterocycles. The van der Waals surface area contributed by atoms with Crippen LogP contribution in [0, 0.1) is 0 Å². The first kappa shape index (κ1) is 20.9. The number of ketones is 1. The number of Topliss-reactive ketones (excluding diaryl/α,β-unsaturated/α-hetero) is 1. The molecule has 0 fully saturated rings. The first-order chi connectivity index (χ1) is 15.5. The highest BCUT2D eigenvalue weighted by Gasteiger charge is 2.43. The number of alkyl halides is 1. The smallest absolute Gasteiger partial charge is 0.295 e. The van der Waals surface area contributed by atoms with Crippen LogP contribution in [0.15, 0.2) is 65.3 Å². The Balaban J connectivity index is 1.47. The highest BCUT2D eigenvalue weighted by atomic mass is 35.5. The predicted octanol–water partition coefficient (Wildman–Crippen LogP) is 5.39. The van der Waals surface area contributed by atoms with Crippen molar-refractivity contribution in [3.05, 3.63) is 87.9 Å². The number of halogens is 3. The number of rotatable bonds is 5. The molecule has 0 aliphatic carbocycles. The molecule has 0 amide bonds. The highest BCUT2D eigenvalue weighted by Crippen LogP contribution is 2.45. The average molecular weight is 487 g/mol. The predicted molar refractivity (Wildman–Crippen MR) is 121 cm³/mol. The molecule has 5 rings (SSSR count). The average Bonchev–Trinajstić information content (AvgIpc) is 3.40. The molecule has 2 unspecified atom stereocenters. The zero-order valence-electron chi connectivity index (χ0n) is 16.3. The van der Waals surface area contributed by atoms with E-state index >= 15 is 0 Å². The van der Waals surface area contributed by atoms with Crippen molar-refractivity contribution in [2.24, 2.45) is 0 Å². The molecule has 10 heteroatoms. The third-order valence-electron chi connectivity index (χ3n) is 5.23. The van der Waals surface area contributed by atoms with E-state index in [1.807, 2.05) is 35.2 Å². The number of benzene rings is 2. The van der Waals surface area contributed by atoms with Gasteiger partial charge in [-0.15, -0.1) is 5.10 Å². The molecule has 0 saturated carbocycles. The number of carbonyl (C=O) groups excluding carboxylic acids is 1. The number of aromatic nitrogens is 4. The second kappa shape index (κ2) is 8.50. The normalized spacial score (nSPS) is 17.4. The topological polar surface area (TPSA) is 85.0 Å². The van der Waals surface area contributed by atoms with E-state index < -0.39 is 11.4 Å². The van der Waals surface area contributed by atoms with Crippen LogP contribution in [0.4, 0.5) is 5.69 Å². The number of anilines is 1.